The molecule has 0 aliphatic carbocycles. The number of fused-ring (bicyclic) bond motifs is 2. The third-order valence-electron chi connectivity index (χ3n) is 3.70. The van der Waals surface area contributed by atoms with E-state index < -0.39 is 5.78 Å². The number of nitrogens with one attached hydrogen (secondary N) is 1. The van der Waals surface area contributed by atoms with Gasteiger partial charge >= 0.3 is 0 Å². The number of aromatic nitrogens is 1. The highest BCUT2D eigenvalue weighted by Gasteiger charge is 2.31. The van der Waals surface area contributed by atoms with Crippen molar-refractivity contribution in [2.24, 2.45) is 0 Å². The van der Waals surface area contributed by atoms with Crippen molar-refractivity contribution in [2.75, 3.05) is 0 Å². The number of H-pyrrole nitrogens is 1. The Balaban J connectivity index is 1.82. The molecule has 0 atom stereocenters. The predicted molar refractivity (Wildman–Crippen MR) is 93.7 cm³/mol. The molecule has 0 amide bonds. The van der Waals surface area contributed by atoms with Crippen molar-refractivity contribution in [2.45, 2.75) is 0 Å². The van der Waals surface area contributed by atoms with Gasteiger partial charge in [-0.05, 0) is 46.9 Å². The van der Waals surface area contributed by atoms with E-state index in [1.54, 1.807) is 12.3 Å². The second-order valence-electron chi connectivity index (χ2n) is 5.21. The molecule has 4 rings (SSSR count). The van der Waals surface area contributed by atoms with Gasteiger partial charge in [-0.1, -0.05) is 0 Å². The zero-order valence-corrected chi connectivity index (χ0v) is 13.8. The molecule has 0 fully saturated rings. The van der Waals surface area contributed by atoms with E-state index in [-0.39, 0.29) is 28.6 Å². The van der Waals surface area contributed by atoms with Gasteiger partial charge in [0.05, 0.1) is 0 Å². The first kappa shape index (κ1) is 14.1. The van der Waals surface area contributed by atoms with Crippen LogP contribution in [0.3, 0.4) is 0 Å². The molecule has 0 saturated heterocycles. The summed E-state index contributed by atoms with van der Waals surface area (Å²) >= 11 is 2.23. The van der Waals surface area contributed by atoms with E-state index >= 15 is 0 Å². The summed E-state index contributed by atoms with van der Waals surface area (Å²) in [6.45, 7) is 0. The lowest BCUT2D eigenvalue weighted by Crippen LogP contribution is -1.98. The van der Waals surface area contributed by atoms with Crippen LogP contribution in [0.1, 0.15) is 15.9 Å². The smallest absolute Gasteiger partial charge is 0.235 e. The Hall–Kier alpha value is -2.48. The molecule has 0 saturated carbocycles. The van der Waals surface area contributed by atoms with Gasteiger partial charge < -0.3 is 19.9 Å². The normalized spacial score (nSPS) is 15.2. The van der Waals surface area contributed by atoms with Crippen molar-refractivity contribution in [1.29, 1.82) is 0 Å². The van der Waals surface area contributed by atoms with Gasteiger partial charge in [0.2, 0.25) is 5.78 Å². The second kappa shape index (κ2) is 5.02. The second-order valence-corrected chi connectivity index (χ2v) is 6.46. The van der Waals surface area contributed by atoms with Gasteiger partial charge in [0.25, 0.3) is 0 Å². The highest BCUT2D eigenvalue weighted by atomic mass is 127. The van der Waals surface area contributed by atoms with E-state index in [0.29, 0.717) is 0 Å². The number of hydrogen-bond acceptors (Lipinski definition) is 4. The molecule has 2 aromatic carbocycles. The summed E-state index contributed by atoms with van der Waals surface area (Å²) in [5.41, 5.74) is 1.85. The molecule has 1 aliphatic heterocycles. The summed E-state index contributed by atoms with van der Waals surface area (Å²) in [5, 5.41) is 20.3. The van der Waals surface area contributed by atoms with Crippen LogP contribution in [-0.4, -0.2) is 21.0 Å². The number of benzene rings is 2. The third-order valence-corrected chi connectivity index (χ3v) is 4.37. The average molecular weight is 419 g/mol. The fourth-order valence-corrected chi connectivity index (χ4v) is 3.14. The first-order chi connectivity index (χ1) is 11.0. The zero-order valence-electron chi connectivity index (χ0n) is 11.6. The Morgan fingerprint density at radius 2 is 2.00 bits per heavy atom. The minimum atomic E-state index is -0.405. The van der Waals surface area contributed by atoms with Gasteiger partial charge in [0.15, 0.2) is 5.76 Å². The summed E-state index contributed by atoms with van der Waals surface area (Å²) in [5.74, 6) is -0.579. The molecule has 114 valence electrons. The van der Waals surface area contributed by atoms with Gasteiger partial charge in [0.1, 0.15) is 22.8 Å². The Bertz CT molecular complexity index is 1000. The van der Waals surface area contributed by atoms with Gasteiger partial charge in [-0.15, -0.1) is 0 Å². The van der Waals surface area contributed by atoms with Crippen molar-refractivity contribution in [1.82, 2.24) is 4.98 Å². The maximum atomic E-state index is 12.4. The lowest BCUT2D eigenvalue weighted by molar-refractivity contribution is 0.101. The molecule has 0 unspecified atom stereocenters. The molecule has 5 nitrogen and oxygen atoms in total. The molecule has 1 aromatic heterocycles. The number of Topliss-reactive ketones (excluding diaryl/α,β-unsaturated/α-hetero) is 1. The summed E-state index contributed by atoms with van der Waals surface area (Å²) in [6.07, 6.45) is 3.43. The molecule has 2 heterocycles. The number of carbonyl (C=O) groups excluding carboxylic acids is 1. The molecule has 3 aromatic rings. The van der Waals surface area contributed by atoms with E-state index in [1.807, 2.05) is 18.2 Å². The minimum absolute atomic E-state index is 0.0727. The number of aromatic hydroxyl groups is 2. The number of rotatable bonds is 1. The fraction of sp³-hybridized carbons (Fsp3) is 0. The Morgan fingerprint density at radius 1 is 1.17 bits per heavy atom. The monoisotopic (exact) mass is 419 g/mol. The fourth-order valence-electron chi connectivity index (χ4n) is 2.65. The lowest BCUT2D eigenvalue weighted by atomic mass is 10.1. The van der Waals surface area contributed by atoms with Crippen LogP contribution in [0.25, 0.3) is 17.0 Å². The number of phenols is 2. The van der Waals surface area contributed by atoms with Crippen molar-refractivity contribution in [3.8, 4) is 17.2 Å². The van der Waals surface area contributed by atoms with Crippen molar-refractivity contribution >= 4 is 45.4 Å². The Labute approximate surface area is 144 Å². The molecular weight excluding hydrogens is 409 g/mol. The van der Waals surface area contributed by atoms with Crippen LogP contribution in [-0.2, 0) is 0 Å². The highest BCUT2D eigenvalue weighted by Crippen LogP contribution is 2.40. The molecule has 0 spiro atoms. The largest absolute Gasteiger partial charge is 0.508 e. The number of halogens is 1. The van der Waals surface area contributed by atoms with Gasteiger partial charge in [-0.3, -0.25) is 4.79 Å². The molecule has 1 aliphatic rings. The summed E-state index contributed by atoms with van der Waals surface area (Å²) < 4.78 is 6.59. The number of ketones is 1. The maximum absolute atomic E-state index is 12.4. The van der Waals surface area contributed by atoms with Crippen LogP contribution >= 0.6 is 22.6 Å². The minimum Gasteiger partial charge on any atom is -0.508 e. The number of ether oxygens (including phenoxy) is 1. The summed E-state index contributed by atoms with van der Waals surface area (Å²) in [6, 6.07) is 8.40. The van der Waals surface area contributed by atoms with Crippen molar-refractivity contribution in [3.63, 3.8) is 0 Å². The van der Waals surface area contributed by atoms with E-state index in [4.69, 9.17) is 4.74 Å². The molecule has 0 radical (unpaired) electrons. The number of allylic oxidation sites excluding steroid dienone is 1. The zero-order chi connectivity index (χ0) is 16.1. The van der Waals surface area contributed by atoms with Crippen LogP contribution in [0.5, 0.6) is 17.2 Å². The highest BCUT2D eigenvalue weighted by molar-refractivity contribution is 14.1. The van der Waals surface area contributed by atoms with E-state index in [0.717, 1.165) is 26.1 Å². The lowest BCUT2D eigenvalue weighted by Gasteiger charge is -2.00. The quantitative estimate of drug-likeness (QED) is 0.414. The average Bonchev–Trinajstić information content (AvgIpc) is 3.01. The maximum Gasteiger partial charge on any atom is 0.235 e. The molecule has 0 bridgehead atoms. The van der Waals surface area contributed by atoms with Crippen LogP contribution < -0.4 is 4.74 Å². The van der Waals surface area contributed by atoms with Crippen LogP contribution in [0.15, 0.2) is 42.3 Å². The molecule has 23 heavy (non-hydrogen) atoms. The topological polar surface area (TPSA) is 82.6 Å². The third kappa shape index (κ3) is 2.26. The van der Waals surface area contributed by atoms with Crippen molar-refractivity contribution in [3.05, 3.63) is 57.0 Å². The molecule has 3 N–H and O–H groups in total. The first-order valence-corrected chi connectivity index (χ1v) is 7.87. The summed E-state index contributed by atoms with van der Waals surface area (Å²) in [4.78, 5) is 15.6. The summed E-state index contributed by atoms with van der Waals surface area (Å²) in [7, 11) is 0. The van der Waals surface area contributed by atoms with Gasteiger partial charge in [-0.2, -0.15) is 0 Å². The van der Waals surface area contributed by atoms with E-state index in [2.05, 4.69) is 27.6 Å². The van der Waals surface area contributed by atoms with E-state index in [1.165, 1.54) is 6.07 Å². The SMILES string of the molecule is O=C1/C(=C\c2c[nH]c3ccc(I)cc23)Oc2cc(O)cc(O)c21. The van der Waals surface area contributed by atoms with Gasteiger partial charge in [-0.25, -0.2) is 0 Å². The predicted octanol–water partition coefficient (Wildman–Crippen LogP) is 3.80. The molecular formula is C17H10INO4. The van der Waals surface area contributed by atoms with E-state index in [9.17, 15) is 15.0 Å². The number of carbonyl (C=O) groups is 1. The number of aromatic amines is 1. The number of phenolic OH excluding ortho intramolecular Hbond substituents is 2. The van der Waals surface area contributed by atoms with Crippen molar-refractivity contribution < 1.29 is 19.7 Å². The number of hydrogen-bond donors (Lipinski definition) is 3. The van der Waals surface area contributed by atoms with Crippen LogP contribution in [0.2, 0.25) is 0 Å². The first-order valence-electron chi connectivity index (χ1n) is 6.80. The molecule has 6 heteroatoms. The van der Waals surface area contributed by atoms with Crippen LogP contribution in [0, 0.1) is 3.57 Å². The Morgan fingerprint density at radius 3 is 2.83 bits per heavy atom. The Kier molecular flexibility index (Phi) is 3.08. The van der Waals surface area contributed by atoms with Crippen LogP contribution in [0.4, 0.5) is 0 Å². The van der Waals surface area contributed by atoms with Gasteiger partial charge in [0, 0.05) is 38.4 Å². The standard InChI is InChI=1S/C17H10INO4/c18-9-1-2-12-11(4-9)8(7-19-12)3-15-17(22)16-13(21)5-10(20)6-14(16)23-15/h1-7,19-21H/b15-3+.